The molecule has 0 spiro atoms. The summed E-state index contributed by atoms with van der Waals surface area (Å²) in [6, 6.07) is 16.2. The molecule has 0 heterocycles. The minimum Gasteiger partial charge on any atom is -0.282 e. The third-order valence-electron chi connectivity index (χ3n) is 5.14. The summed E-state index contributed by atoms with van der Waals surface area (Å²) < 4.78 is 66.5. The monoisotopic (exact) mass is 412 g/mol. The fourth-order valence-electron chi connectivity index (χ4n) is 4.11. The van der Waals surface area contributed by atoms with Gasteiger partial charge in [-0.05, 0) is 44.5 Å². The van der Waals surface area contributed by atoms with Crippen LogP contribution in [0, 0.1) is 0 Å². The van der Waals surface area contributed by atoms with Gasteiger partial charge in [-0.1, -0.05) is 48.5 Å². The number of hydrogen-bond donors (Lipinski definition) is 2. The van der Waals surface area contributed by atoms with E-state index >= 15 is 0 Å². The van der Waals surface area contributed by atoms with E-state index in [9.17, 15) is 25.9 Å². The summed E-state index contributed by atoms with van der Waals surface area (Å²) in [4.78, 5) is -0.364. The van der Waals surface area contributed by atoms with Gasteiger partial charge in [-0.25, -0.2) is 0 Å². The fraction of sp³-hybridized carbons (Fsp3) is 0. The summed E-state index contributed by atoms with van der Waals surface area (Å²) in [6.07, 6.45) is 0. The predicted molar refractivity (Wildman–Crippen MR) is 107 cm³/mol. The molecule has 5 rings (SSSR count). The molecule has 2 N–H and O–H groups in total. The van der Waals surface area contributed by atoms with E-state index in [2.05, 4.69) is 0 Å². The molecule has 0 fully saturated rings. The molecule has 0 aliphatic carbocycles. The first-order valence-corrected chi connectivity index (χ1v) is 11.1. The summed E-state index contributed by atoms with van der Waals surface area (Å²) in [5.41, 5.74) is 0. The largest absolute Gasteiger partial charge is 0.295 e. The lowest BCUT2D eigenvalue weighted by Crippen LogP contribution is -2.01. The summed E-state index contributed by atoms with van der Waals surface area (Å²) in [6.45, 7) is 0. The Hall–Kier alpha value is -2.78. The van der Waals surface area contributed by atoms with E-state index in [4.69, 9.17) is 0 Å². The van der Waals surface area contributed by atoms with Crippen molar-refractivity contribution in [1.82, 2.24) is 0 Å². The van der Waals surface area contributed by atoms with Crippen LogP contribution in [-0.4, -0.2) is 25.9 Å². The Bertz CT molecular complexity index is 1510. The van der Waals surface area contributed by atoms with Gasteiger partial charge in [0.2, 0.25) is 0 Å². The van der Waals surface area contributed by atoms with Crippen LogP contribution in [0.1, 0.15) is 0 Å². The first-order chi connectivity index (χ1) is 13.2. The second kappa shape index (κ2) is 5.39. The second-order valence-corrected chi connectivity index (χ2v) is 9.41. The molecule has 0 aliphatic rings. The molecular weight excluding hydrogens is 400 g/mol. The summed E-state index contributed by atoms with van der Waals surface area (Å²) in [5.74, 6) is 0. The van der Waals surface area contributed by atoms with E-state index in [1.54, 1.807) is 36.4 Å². The second-order valence-electron chi connectivity index (χ2n) is 6.63. The van der Waals surface area contributed by atoms with E-state index in [0.717, 1.165) is 21.5 Å². The molecule has 0 aromatic heterocycles. The van der Waals surface area contributed by atoms with Crippen molar-refractivity contribution in [3.8, 4) is 0 Å². The highest BCUT2D eigenvalue weighted by Gasteiger charge is 2.21. The van der Waals surface area contributed by atoms with Gasteiger partial charge in [-0.3, -0.25) is 9.11 Å². The van der Waals surface area contributed by atoms with Gasteiger partial charge in [0, 0.05) is 10.8 Å². The number of rotatable bonds is 2. The van der Waals surface area contributed by atoms with E-state index < -0.39 is 20.2 Å². The van der Waals surface area contributed by atoms with Gasteiger partial charge >= 0.3 is 0 Å². The molecule has 0 radical (unpaired) electrons. The zero-order chi connectivity index (χ0) is 19.8. The lowest BCUT2D eigenvalue weighted by molar-refractivity contribution is 0.482. The molecule has 0 saturated carbocycles. The Morgan fingerprint density at radius 3 is 1.14 bits per heavy atom. The molecular formula is C20H12O6S2. The normalized spacial score (nSPS) is 13.2. The Morgan fingerprint density at radius 1 is 0.464 bits per heavy atom. The Kier molecular flexibility index (Phi) is 3.34. The summed E-state index contributed by atoms with van der Waals surface area (Å²) >= 11 is 0. The molecule has 140 valence electrons. The smallest absolute Gasteiger partial charge is 0.282 e. The standard InChI is InChI=1S/C20H12O6S2/c21-27(22,23)17-9-8-14-12-4-2-6-16-18(28(24,25)26)10-7-13(20(12)16)11-3-1-5-15(17)19(11)14/h1-10H,(H,21,22,23)(H,24,25,26). The van der Waals surface area contributed by atoms with Gasteiger partial charge in [0.05, 0.1) is 0 Å². The zero-order valence-corrected chi connectivity index (χ0v) is 15.8. The molecule has 0 aliphatic heterocycles. The van der Waals surface area contributed by atoms with Crippen molar-refractivity contribution in [3.63, 3.8) is 0 Å². The first-order valence-electron chi connectivity index (χ1n) is 8.25. The van der Waals surface area contributed by atoms with Crippen LogP contribution >= 0.6 is 0 Å². The first kappa shape index (κ1) is 17.3. The van der Waals surface area contributed by atoms with Crippen LogP contribution in [0.3, 0.4) is 0 Å². The molecule has 6 nitrogen and oxygen atoms in total. The predicted octanol–water partition coefficient (Wildman–Crippen LogP) is 4.23. The van der Waals surface area contributed by atoms with Gasteiger partial charge in [-0.2, -0.15) is 16.8 Å². The summed E-state index contributed by atoms with van der Waals surface area (Å²) in [7, 11) is -8.83. The lowest BCUT2D eigenvalue weighted by atomic mass is 9.90. The van der Waals surface area contributed by atoms with E-state index in [0.29, 0.717) is 21.5 Å². The van der Waals surface area contributed by atoms with Crippen LogP contribution in [0.4, 0.5) is 0 Å². The third kappa shape index (κ3) is 2.26. The molecule has 0 amide bonds. The van der Waals surface area contributed by atoms with Crippen molar-refractivity contribution in [3.05, 3.63) is 60.7 Å². The molecule has 0 atom stereocenters. The highest BCUT2D eigenvalue weighted by molar-refractivity contribution is 7.86. The molecule has 0 saturated heterocycles. The van der Waals surface area contributed by atoms with Crippen LogP contribution < -0.4 is 0 Å². The minimum absolute atomic E-state index is 0.182. The molecule has 28 heavy (non-hydrogen) atoms. The fourth-order valence-corrected chi connectivity index (χ4v) is 5.48. The van der Waals surface area contributed by atoms with Crippen LogP contribution in [-0.2, 0) is 20.2 Å². The van der Waals surface area contributed by atoms with Crippen molar-refractivity contribution in [1.29, 1.82) is 0 Å². The van der Waals surface area contributed by atoms with Crippen LogP contribution in [0.25, 0.3) is 43.1 Å². The van der Waals surface area contributed by atoms with Crippen LogP contribution in [0.2, 0.25) is 0 Å². The maximum Gasteiger partial charge on any atom is 0.295 e. The maximum atomic E-state index is 11.8. The maximum absolute atomic E-state index is 11.8. The zero-order valence-electron chi connectivity index (χ0n) is 14.1. The Morgan fingerprint density at radius 2 is 0.786 bits per heavy atom. The third-order valence-corrected chi connectivity index (χ3v) is 6.96. The van der Waals surface area contributed by atoms with Gasteiger partial charge in [0.1, 0.15) is 9.79 Å². The summed E-state index contributed by atoms with van der Waals surface area (Å²) in [5, 5.41) is 5.01. The van der Waals surface area contributed by atoms with Gasteiger partial charge in [0.25, 0.3) is 20.2 Å². The average molecular weight is 412 g/mol. The highest BCUT2D eigenvalue weighted by Crippen LogP contribution is 2.43. The van der Waals surface area contributed by atoms with E-state index in [1.807, 2.05) is 12.1 Å². The average Bonchev–Trinajstić information content (AvgIpc) is 2.63. The molecule has 0 bridgehead atoms. The van der Waals surface area contributed by atoms with Crippen molar-refractivity contribution in [2.75, 3.05) is 0 Å². The van der Waals surface area contributed by atoms with Crippen molar-refractivity contribution in [2.24, 2.45) is 0 Å². The number of benzene rings is 5. The molecule has 5 aromatic rings. The quantitative estimate of drug-likeness (QED) is 0.255. The van der Waals surface area contributed by atoms with Crippen molar-refractivity contribution in [2.45, 2.75) is 9.79 Å². The number of hydrogen-bond acceptors (Lipinski definition) is 4. The van der Waals surface area contributed by atoms with Gasteiger partial charge < -0.3 is 0 Å². The van der Waals surface area contributed by atoms with E-state index in [1.165, 1.54) is 12.1 Å². The van der Waals surface area contributed by atoms with Gasteiger partial charge in [-0.15, -0.1) is 0 Å². The van der Waals surface area contributed by atoms with Crippen molar-refractivity contribution >= 4 is 63.3 Å². The SMILES string of the molecule is O=S(=O)(O)c1ccc2c3cccc4c(S(=O)(=O)O)ccc(c5cccc1c52)c43. The topological polar surface area (TPSA) is 109 Å². The Labute approximate surface area is 159 Å². The van der Waals surface area contributed by atoms with Crippen molar-refractivity contribution < 1.29 is 25.9 Å². The van der Waals surface area contributed by atoms with Crippen LogP contribution in [0.15, 0.2) is 70.5 Å². The number of fused-ring (bicyclic) bond motifs is 2. The van der Waals surface area contributed by atoms with E-state index in [-0.39, 0.29) is 9.79 Å². The minimum atomic E-state index is -4.41. The van der Waals surface area contributed by atoms with Gasteiger partial charge in [0.15, 0.2) is 0 Å². The Balaban J connectivity index is 2.15. The molecule has 0 unspecified atom stereocenters. The molecule has 8 heteroatoms. The van der Waals surface area contributed by atoms with Crippen LogP contribution in [0.5, 0.6) is 0 Å². The highest BCUT2D eigenvalue weighted by atomic mass is 32.2. The lowest BCUT2D eigenvalue weighted by Gasteiger charge is -2.16. The molecule has 5 aromatic carbocycles.